The van der Waals surface area contributed by atoms with Crippen LogP contribution in [0.5, 0.6) is 0 Å². The molecule has 1 saturated carbocycles. The number of hydrogen-bond donors (Lipinski definition) is 1. The van der Waals surface area contributed by atoms with Crippen molar-refractivity contribution in [2.24, 2.45) is 5.92 Å². The van der Waals surface area contributed by atoms with Crippen molar-refractivity contribution in [2.75, 3.05) is 24.3 Å². The summed E-state index contributed by atoms with van der Waals surface area (Å²) in [6.45, 7) is 0. The summed E-state index contributed by atoms with van der Waals surface area (Å²) in [6, 6.07) is 9.18. The van der Waals surface area contributed by atoms with Crippen LogP contribution >= 0.6 is 0 Å². The third-order valence-electron chi connectivity index (χ3n) is 4.52. The minimum absolute atomic E-state index is 0.186. The number of carbonyl (C=O) groups excluding carboxylic acids is 1. The van der Waals surface area contributed by atoms with Crippen LogP contribution in [0.2, 0.25) is 0 Å². The average Bonchev–Trinajstić information content (AvgIpc) is 3.25. The highest BCUT2D eigenvalue weighted by atomic mass is 19.1. The van der Waals surface area contributed by atoms with Gasteiger partial charge in [0.15, 0.2) is 5.58 Å². The topological polar surface area (TPSA) is 58.4 Å². The number of nitrogens with zero attached hydrogens (tertiary/aromatic N) is 2. The second kappa shape index (κ2) is 6.09. The summed E-state index contributed by atoms with van der Waals surface area (Å²) in [5.41, 5.74) is 2.26. The summed E-state index contributed by atoms with van der Waals surface area (Å²) in [4.78, 5) is 18.5. The molecule has 134 valence electrons. The molecule has 1 N–H and O–H groups in total. The minimum atomic E-state index is -0.620. The van der Waals surface area contributed by atoms with Crippen molar-refractivity contribution in [2.45, 2.75) is 12.3 Å². The maximum atomic E-state index is 13.9. The molecule has 5 nitrogen and oxygen atoms in total. The Bertz CT molecular complexity index is 1000. The summed E-state index contributed by atoms with van der Waals surface area (Å²) in [5, 5.41) is 2.83. The van der Waals surface area contributed by atoms with Crippen LogP contribution in [0.25, 0.3) is 11.1 Å². The lowest BCUT2D eigenvalue weighted by atomic mass is 10.1. The van der Waals surface area contributed by atoms with Gasteiger partial charge in [0.25, 0.3) is 6.01 Å². The SMILES string of the molecule is CN(C)c1nc2cc(NC(=O)[C@@H]3C[C@H]3c3ccc(F)cc3F)ccc2o1. The Kier molecular flexibility index (Phi) is 3.86. The molecular formula is C19H17F2N3O2. The minimum Gasteiger partial charge on any atom is -0.423 e. The summed E-state index contributed by atoms with van der Waals surface area (Å²) in [6.07, 6.45) is 0.547. The second-order valence-electron chi connectivity index (χ2n) is 6.68. The van der Waals surface area contributed by atoms with Gasteiger partial charge in [-0.2, -0.15) is 4.98 Å². The molecule has 1 heterocycles. The molecule has 4 rings (SSSR count). The zero-order valence-electron chi connectivity index (χ0n) is 14.3. The molecule has 2 atom stereocenters. The van der Waals surface area contributed by atoms with E-state index in [0.29, 0.717) is 34.8 Å². The monoisotopic (exact) mass is 357 g/mol. The lowest BCUT2D eigenvalue weighted by Gasteiger charge is -2.05. The van der Waals surface area contributed by atoms with Gasteiger partial charge < -0.3 is 14.6 Å². The maximum absolute atomic E-state index is 13.9. The molecule has 0 aliphatic heterocycles. The normalized spacial score (nSPS) is 18.8. The Morgan fingerprint density at radius 3 is 2.77 bits per heavy atom. The molecule has 0 radical (unpaired) electrons. The lowest BCUT2D eigenvalue weighted by Crippen LogP contribution is -2.14. The first-order valence-electron chi connectivity index (χ1n) is 8.26. The van der Waals surface area contributed by atoms with E-state index in [0.717, 1.165) is 6.07 Å². The predicted octanol–water partition coefficient (Wildman–Crippen LogP) is 3.91. The molecule has 2 aromatic carbocycles. The van der Waals surface area contributed by atoms with Crippen molar-refractivity contribution in [1.82, 2.24) is 4.98 Å². The highest BCUT2D eigenvalue weighted by Gasteiger charge is 2.45. The predicted molar refractivity (Wildman–Crippen MR) is 94.2 cm³/mol. The van der Waals surface area contributed by atoms with Crippen molar-refractivity contribution < 1.29 is 18.0 Å². The lowest BCUT2D eigenvalue weighted by molar-refractivity contribution is -0.117. The van der Waals surface area contributed by atoms with E-state index in [1.54, 1.807) is 23.1 Å². The van der Waals surface area contributed by atoms with Crippen LogP contribution in [0.3, 0.4) is 0 Å². The quantitative estimate of drug-likeness (QED) is 0.769. The van der Waals surface area contributed by atoms with E-state index in [1.165, 1.54) is 12.1 Å². The first-order valence-corrected chi connectivity index (χ1v) is 8.26. The van der Waals surface area contributed by atoms with E-state index in [1.807, 2.05) is 14.1 Å². The van der Waals surface area contributed by atoms with Gasteiger partial charge in [0.05, 0.1) is 0 Å². The smallest absolute Gasteiger partial charge is 0.297 e. The van der Waals surface area contributed by atoms with E-state index < -0.39 is 11.6 Å². The Labute approximate surface area is 148 Å². The third-order valence-corrected chi connectivity index (χ3v) is 4.52. The van der Waals surface area contributed by atoms with Gasteiger partial charge in [-0.25, -0.2) is 8.78 Å². The van der Waals surface area contributed by atoms with Crippen LogP contribution in [0, 0.1) is 17.6 Å². The van der Waals surface area contributed by atoms with Crippen LogP contribution in [0.15, 0.2) is 40.8 Å². The largest absolute Gasteiger partial charge is 0.423 e. The number of nitrogens with one attached hydrogen (secondary N) is 1. The molecule has 0 unspecified atom stereocenters. The second-order valence-corrected chi connectivity index (χ2v) is 6.68. The van der Waals surface area contributed by atoms with Crippen LogP contribution in [-0.2, 0) is 4.79 Å². The zero-order valence-corrected chi connectivity index (χ0v) is 14.3. The Morgan fingerprint density at radius 2 is 2.04 bits per heavy atom. The van der Waals surface area contributed by atoms with Gasteiger partial charge in [-0.1, -0.05) is 6.07 Å². The number of oxazole rings is 1. The highest BCUT2D eigenvalue weighted by molar-refractivity contribution is 5.96. The van der Waals surface area contributed by atoms with Crippen molar-refractivity contribution in [1.29, 1.82) is 0 Å². The van der Waals surface area contributed by atoms with E-state index in [9.17, 15) is 13.6 Å². The summed E-state index contributed by atoms with van der Waals surface area (Å²) >= 11 is 0. The average molecular weight is 357 g/mol. The number of amides is 1. The fraction of sp³-hybridized carbons (Fsp3) is 0.263. The number of fused-ring (bicyclic) bond motifs is 1. The molecule has 0 spiro atoms. The van der Waals surface area contributed by atoms with Gasteiger partial charge in [-0.05, 0) is 42.2 Å². The molecule has 1 amide bonds. The van der Waals surface area contributed by atoms with Crippen LogP contribution < -0.4 is 10.2 Å². The molecule has 1 aromatic heterocycles. The van der Waals surface area contributed by atoms with Crippen molar-refractivity contribution in [3.63, 3.8) is 0 Å². The summed E-state index contributed by atoms with van der Waals surface area (Å²) < 4.78 is 32.4. The Hall–Kier alpha value is -2.96. The number of halogens is 2. The van der Waals surface area contributed by atoms with Gasteiger partial charge in [0.1, 0.15) is 17.2 Å². The molecule has 1 fully saturated rings. The van der Waals surface area contributed by atoms with E-state index >= 15 is 0 Å². The van der Waals surface area contributed by atoms with Gasteiger partial charge in [-0.15, -0.1) is 0 Å². The molecule has 0 bridgehead atoms. The number of carbonyl (C=O) groups is 1. The number of anilines is 2. The Morgan fingerprint density at radius 1 is 1.23 bits per heavy atom. The zero-order chi connectivity index (χ0) is 18.4. The number of hydrogen-bond acceptors (Lipinski definition) is 4. The molecule has 1 aliphatic carbocycles. The maximum Gasteiger partial charge on any atom is 0.297 e. The summed E-state index contributed by atoms with van der Waals surface area (Å²) in [5.74, 6) is -1.95. The van der Waals surface area contributed by atoms with Crippen molar-refractivity contribution >= 4 is 28.7 Å². The first-order chi connectivity index (χ1) is 12.4. The van der Waals surface area contributed by atoms with Crippen molar-refractivity contribution in [3.05, 3.63) is 53.6 Å². The molecule has 7 heteroatoms. The van der Waals surface area contributed by atoms with Crippen LogP contribution in [-0.4, -0.2) is 25.0 Å². The number of benzene rings is 2. The number of rotatable bonds is 4. The van der Waals surface area contributed by atoms with Crippen molar-refractivity contribution in [3.8, 4) is 0 Å². The van der Waals surface area contributed by atoms with Gasteiger partial charge >= 0.3 is 0 Å². The molecular weight excluding hydrogens is 340 g/mol. The first kappa shape index (κ1) is 16.5. The van der Waals surface area contributed by atoms with Gasteiger partial charge in [0, 0.05) is 31.8 Å². The summed E-state index contributed by atoms with van der Waals surface area (Å²) in [7, 11) is 3.66. The van der Waals surface area contributed by atoms with E-state index in [-0.39, 0.29) is 17.7 Å². The van der Waals surface area contributed by atoms with E-state index in [2.05, 4.69) is 10.3 Å². The Balaban J connectivity index is 1.48. The molecule has 1 aliphatic rings. The third kappa shape index (κ3) is 3.00. The highest BCUT2D eigenvalue weighted by Crippen LogP contribution is 2.48. The standard InChI is InChI=1S/C19H17F2N3O2/c1-24(2)19-23-16-8-11(4-6-17(16)26-19)22-18(25)14-9-13(14)12-5-3-10(20)7-15(12)21/h3-8,13-14H,9H2,1-2H3,(H,22,25)/t13-,14+/m0/s1. The number of aromatic nitrogens is 1. The van der Waals surface area contributed by atoms with E-state index in [4.69, 9.17) is 4.42 Å². The molecule has 3 aromatic rings. The van der Waals surface area contributed by atoms with Gasteiger partial charge in [0.2, 0.25) is 5.91 Å². The van der Waals surface area contributed by atoms with Crippen LogP contribution in [0.1, 0.15) is 17.9 Å². The van der Waals surface area contributed by atoms with Gasteiger partial charge in [-0.3, -0.25) is 4.79 Å². The fourth-order valence-electron chi connectivity index (χ4n) is 3.05. The molecule has 0 saturated heterocycles. The van der Waals surface area contributed by atoms with Crippen LogP contribution in [0.4, 0.5) is 20.5 Å². The molecule has 26 heavy (non-hydrogen) atoms. The fourth-order valence-corrected chi connectivity index (χ4v) is 3.05.